The Bertz CT molecular complexity index is 1310. The molecule has 0 N–H and O–H groups in total. The number of aryl methyl sites for hydroxylation is 2. The fourth-order valence-electron chi connectivity index (χ4n) is 8.92. The Morgan fingerprint density at radius 3 is 1.07 bits per heavy atom. The maximum Gasteiger partial charge on any atom is 0.200 e. The molecule has 6 heteroatoms. The first-order chi connectivity index (χ1) is 27.8. The molecule has 326 valence electrons. The molecule has 2 aliphatic rings. The fourth-order valence-corrected chi connectivity index (χ4v) is 8.92. The van der Waals surface area contributed by atoms with Crippen LogP contribution in [0.1, 0.15) is 212 Å². The number of rotatable bonds is 27. The summed E-state index contributed by atoms with van der Waals surface area (Å²) in [7, 11) is 0. The molecule has 0 bridgehead atoms. The quantitative estimate of drug-likeness (QED) is 0.0662. The van der Waals surface area contributed by atoms with Crippen LogP contribution in [0.2, 0.25) is 0 Å². The van der Waals surface area contributed by atoms with Crippen molar-refractivity contribution in [3.8, 4) is 11.5 Å². The molecule has 0 aliphatic heterocycles. The molecule has 2 aromatic rings. The summed E-state index contributed by atoms with van der Waals surface area (Å²) in [5, 5.41) is 0. The summed E-state index contributed by atoms with van der Waals surface area (Å²) in [6, 6.07) is 6.67. The lowest BCUT2D eigenvalue weighted by Crippen LogP contribution is -2.20. The minimum absolute atomic E-state index is 0.0808. The van der Waals surface area contributed by atoms with E-state index in [4.69, 9.17) is 9.47 Å². The highest BCUT2D eigenvalue weighted by molar-refractivity contribution is 5.32. The van der Waals surface area contributed by atoms with Crippen molar-refractivity contribution in [2.45, 2.75) is 214 Å². The molecule has 0 unspecified atom stereocenters. The van der Waals surface area contributed by atoms with Gasteiger partial charge in [0.05, 0.1) is 13.2 Å². The molecule has 0 atom stereocenters. The van der Waals surface area contributed by atoms with E-state index in [1.165, 1.54) is 122 Å². The van der Waals surface area contributed by atoms with Crippen LogP contribution in [0.15, 0.2) is 24.3 Å². The van der Waals surface area contributed by atoms with Crippen LogP contribution in [-0.4, -0.2) is 13.2 Å². The van der Waals surface area contributed by atoms with Crippen molar-refractivity contribution in [3.63, 3.8) is 0 Å². The fraction of sp³-hybridized carbons (Fsp3) is 0.765. The van der Waals surface area contributed by atoms with Crippen molar-refractivity contribution >= 4 is 0 Å². The molecule has 0 amide bonds. The van der Waals surface area contributed by atoms with Gasteiger partial charge in [0.2, 0.25) is 11.6 Å². The Morgan fingerprint density at radius 1 is 0.386 bits per heavy atom. The molecule has 0 saturated heterocycles. The first-order valence-corrected chi connectivity index (χ1v) is 24.0. The molecule has 4 rings (SSSR count). The van der Waals surface area contributed by atoms with Crippen LogP contribution in [-0.2, 0) is 12.8 Å². The smallest absolute Gasteiger partial charge is 0.200 e. The third kappa shape index (κ3) is 19.1. The van der Waals surface area contributed by atoms with Gasteiger partial charge in [0.15, 0.2) is 23.1 Å². The van der Waals surface area contributed by atoms with Crippen LogP contribution in [0.25, 0.3) is 0 Å². The van der Waals surface area contributed by atoms with Gasteiger partial charge in [0, 0.05) is 0 Å². The monoisotopic (exact) mass is 803 g/mol. The first kappa shape index (κ1) is 49.1. The Morgan fingerprint density at radius 2 is 0.702 bits per heavy atom. The van der Waals surface area contributed by atoms with E-state index in [1.54, 1.807) is 24.3 Å². The number of halogens is 4. The highest BCUT2D eigenvalue weighted by Gasteiger charge is 2.24. The molecule has 2 saturated carbocycles. The van der Waals surface area contributed by atoms with Crippen LogP contribution in [0.4, 0.5) is 17.6 Å². The number of benzene rings is 2. The largest absolute Gasteiger partial charge is 0.490 e. The van der Waals surface area contributed by atoms with Crippen LogP contribution in [0.5, 0.6) is 11.5 Å². The lowest BCUT2D eigenvalue weighted by Gasteiger charge is -2.28. The Balaban J connectivity index is 0.000000306. The summed E-state index contributed by atoms with van der Waals surface area (Å²) >= 11 is 0. The minimum Gasteiger partial charge on any atom is -0.490 e. The normalized spacial score (nSPS) is 19.6. The second kappa shape index (κ2) is 29.9. The standard InChI is InChI=1S/C26H42F2O.C25H40F2O/c1-3-5-7-8-9-11-13-23-18-19-24(26(28)25(23)27)29-20-22-16-14-21(15-17-22)12-10-6-4-2;1-3-5-7-8-10-12-22-17-18-23(25(27)24(22)26)28-19-21-15-13-20(14-16-21)11-9-6-4-2/h18-19,21-22H,3-17,20H2,1-2H3;17-18,20-21H,3-16,19H2,1-2H3. The van der Waals surface area contributed by atoms with Gasteiger partial charge in [-0.05, 0) is 98.3 Å². The minimum atomic E-state index is -0.806. The third-order valence-corrected chi connectivity index (χ3v) is 12.9. The van der Waals surface area contributed by atoms with E-state index in [9.17, 15) is 17.6 Å². The molecular formula is C51H82F4O2. The van der Waals surface area contributed by atoms with Gasteiger partial charge in [-0.1, -0.05) is 175 Å². The number of ether oxygens (including phenoxy) is 2. The average molecular weight is 803 g/mol. The van der Waals surface area contributed by atoms with Crippen molar-refractivity contribution in [3.05, 3.63) is 58.7 Å². The highest BCUT2D eigenvalue weighted by Crippen LogP contribution is 2.35. The molecule has 0 heterocycles. The summed E-state index contributed by atoms with van der Waals surface area (Å²) in [6.07, 6.45) is 33.9. The lowest BCUT2D eigenvalue weighted by molar-refractivity contribution is 0.172. The Labute approximate surface area is 347 Å². The molecule has 2 nitrogen and oxygen atoms in total. The lowest BCUT2D eigenvalue weighted by atomic mass is 9.80. The predicted octanol–water partition coefficient (Wildman–Crippen LogP) is 16.9. The van der Waals surface area contributed by atoms with Gasteiger partial charge >= 0.3 is 0 Å². The summed E-state index contributed by atoms with van der Waals surface area (Å²) in [4.78, 5) is 0. The van der Waals surface area contributed by atoms with Gasteiger partial charge in [-0.15, -0.1) is 0 Å². The van der Waals surface area contributed by atoms with Gasteiger partial charge in [-0.3, -0.25) is 0 Å². The zero-order valence-corrected chi connectivity index (χ0v) is 36.9. The van der Waals surface area contributed by atoms with Crippen molar-refractivity contribution in [1.82, 2.24) is 0 Å². The SMILES string of the molecule is CCCCCCCCc1ccc(OCC2CCC(CCCCC)CC2)c(F)c1F.CCCCCCCc1ccc(OCC2CCC(CCCCC)CC2)c(F)c1F. The van der Waals surface area contributed by atoms with Gasteiger partial charge < -0.3 is 9.47 Å². The van der Waals surface area contributed by atoms with Crippen molar-refractivity contribution < 1.29 is 27.0 Å². The van der Waals surface area contributed by atoms with E-state index in [2.05, 4.69) is 27.7 Å². The van der Waals surface area contributed by atoms with Crippen molar-refractivity contribution in [1.29, 1.82) is 0 Å². The number of hydrogen-bond donors (Lipinski definition) is 0. The molecule has 2 aliphatic carbocycles. The first-order valence-electron chi connectivity index (χ1n) is 24.0. The third-order valence-electron chi connectivity index (χ3n) is 12.9. The Hall–Kier alpha value is -2.24. The van der Waals surface area contributed by atoms with E-state index in [-0.39, 0.29) is 11.5 Å². The Kier molecular flexibility index (Phi) is 25.8. The van der Waals surface area contributed by atoms with E-state index in [1.807, 2.05) is 0 Å². The predicted molar refractivity (Wildman–Crippen MR) is 232 cm³/mol. The summed E-state index contributed by atoms with van der Waals surface area (Å²) in [5.41, 5.74) is 0.965. The number of unbranched alkanes of at least 4 members (excludes halogenated alkanes) is 13. The van der Waals surface area contributed by atoms with Crippen molar-refractivity contribution in [2.24, 2.45) is 23.7 Å². The van der Waals surface area contributed by atoms with E-state index in [0.717, 1.165) is 63.2 Å². The van der Waals surface area contributed by atoms with Gasteiger partial charge in [-0.2, -0.15) is 8.78 Å². The molecule has 57 heavy (non-hydrogen) atoms. The van der Waals surface area contributed by atoms with E-state index in [0.29, 0.717) is 49.0 Å². The molecular weight excluding hydrogens is 721 g/mol. The summed E-state index contributed by atoms with van der Waals surface area (Å²) in [5.74, 6) is -0.214. The number of hydrogen-bond acceptors (Lipinski definition) is 2. The maximum atomic E-state index is 14.4. The van der Waals surface area contributed by atoms with Gasteiger partial charge in [0.1, 0.15) is 0 Å². The maximum absolute atomic E-state index is 14.4. The van der Waals surface area contributed by atoms with E-state index >= 15 is 0 Å². The second-order valence-corrected chi connectivity index (χ2v) is 17.8. The topological polar surface area (TPSA) is 18.5 Å². The molecule has 2 fully saturated rings. The zero-order chi connectivity index (χ0) is 41.1. The highest BCUT2D eigenvalue weighted by atomic mass is 19.2. The molecule has 0 spiro atoms. The average Bonchev–Trinajstić information content (AvgIpc) is 3.23. The van der Waals surface area contributed by atoms with Crippen molar-refractivity contribution in [2.75, 3.05) is 13.2 Å². The van der Waals surface area contributed by atoms with Gasteiger partial charge in [-0.25, -0.2) is 8.78 Å². The molecule has 0 aromatic heterocycles. The zero-order valence-electron chi connectivity index (χ0n) is 36.9. The summed E-state index contributed by atoms with van der Waals surface area (Å²) < 4.78 is 68.9. The van der Waals surface area contributed by atoms with Crippen LogP contribution >= 0.6 is 0 Å². The van der Waals surface area contributed by atoms with Crippen LogP contribution in [0, 0.1) is 46.9 Å². The summed E-state index contributed by atoms with van der Waals surface area (Å²) in [6.45, 7) is 9.88. The van der Waals surface area contributed by atoms with Crippen LogP contribution < -0.4 is 9.47 Å². The van der Waals surface area contributed by atoms with Crippen LogP contribution in [0.3, 0.4) is 0 Å². The van der Waals surface area contributed by atoms with Gasteiger partial charge in [0.25, 0.3) is 0 Å². The molecule has 2 aromatic carbocycles. The van der Waals surface area contributed by atoms with E-state index < -0.39 is 23.3 Å². The second-order valence-electron chi connectivity index (χ2n) is 17.8. The molecule has 0 radical (unpaired) electrons.